The van der Waals surface area contributed by atoms with E-state index in [1.165, 1.54) is 36.3 Å². The number of hydrogen-bond acceptors (Lipinski definition) is 5. The van der Waals surface area contributed by atoms with Crippen LogP contribution < -0.4 is 9.47 Å². The number of Topliss-reactive ketones (excluding diaryl/α,β-unsaturated/α-hetero) is 1. The number of amides is 1. The van der Waals surface area contributed by atoms with Gasteiger partial charge in [-0.15, -0.1) is 0 Å². The predicted octanol–water partition coefficient (Wildman–Crippen LogP) is 4.85. The van der Waals surface area contributed by atoms with Gasteiger partial charge in [0.2, 0.25) is 0 Å². The van der Waals surface area contributed by atoms with Crippen LogP contribution in [0.3, 0.4) is 0 Å². The molecule has 0 aliphatic carbocycles. The summed E-state index contributed by atoms with van der Waals surface area (Å²) in [5.41, 5.74) is 1.56. The standard InChI is InChI=1S/C27H24FNO5/c1-3-34-21-14-11-19(15-22(21)33-2)24-23(25(30)18-9-12-20(28)13-10-18)26(31)27(32)29(24)16-17-7-5-4-6-8-17/h4-15,24,30H,3,16H2,1-2H3. The van der Waals surface area contributed by atoms with Gasteiger partial charge in [0.1, 0.15) is 11.6 Å². The monoisotopic (exact) mass is 461 g/mol. The Bertz CT molecular complexity index is 1240. The lowest BCUT2D eigenvalue weighted by molar-refractivity contribution is -0.140. The van der Waals surface area contributed by atoms with Crippen LogP contribution in [0.5, 0.6) is 11.5 Å². The number of carbonyl (C=O) groups excluding carboxylic acids is 2. The molecule has 174 valence electrons. The van der Waals surface area contributed by atoms with Crippen LogP contribution in [0.15, 0.2) is 78.4 Å². The van der Waals surface area contributed by atoms with Gasteiger partial charge in [-0.25, -0.2) is 4.39 Å². The van der Waals surface area contributed by atoms with Crippen LogP contribution in [0.2, 0.25) is 0 Å². The Balaban J connectivity index is 1.88. The van der Waals surface area contributed by atoms with E-state index in [1.807, 2.05) is 37.3 Å². The van der Waals surface area contributed by atoms with E-state index in [4.69, 9.17) is 9.47 Å². The molecule has 3 aromatic rings. The number of benzene rings is 3. The molecule has 1 saturated heterocycles. The predicted molar refractivity (Wildman–Crippen MR) is 125 cm³/mol. The lowest BCUT2D eigenvalue weighted by Gasteiger charge is -2.26. The van der Waals surface area contributed by atoms with Crippen LogP contribution in [0, 0.1) is 5.82 Å². The zero-order valence-corrected chi connectivity index (χ0v) is 18.8. The molecular formula is C27H24FNO5. The number of aliphatic hydroxyl groups excluding tert-OH is 1. The van der Waals surface area contributed by atoms with Gasteiger partial charge in [0.15, 0.2) is 11.5 Å². The van der Waals surface area contributed by atoms with Crippen LogP contribution in [0.4, 0.5) is 4.39 Å². The molecule has 1 N–H and O–H groups in total. The van der Waals surface area contributed by atoms with Crippen molar-refractivity contribution < 1.29 is 28.6 Å². The number of hydrogen-bond donors (Lipinski definition) is 1. The Hall–Kier alpha value is -4.13. The first-order chi connectivity index (χ1) is 16.4. The Labute approximate surface area is 196 Å². The number of ketones is 1. The van der Waals surface area contributed by atoms with Gasteiger partial charge in [-0.05, 0) is 54.4 Å². The molecule has 1 unspecified atom stereocenters. The molecule has 1 amide bonds. The van der Waals surface area contributed by atoms with Crippen molar-refractivity contribution in [2.24, 2.45) is 0 Å². The Morgan fingerprint density at radius 1 is 1.00 bits per heavy atom. The number of methoxy groups -OCH3 is 1. The lowest BCUT2D eigenvalue weighted by atomic mass is 9.94. The van der Waals surface area contributed by atoms with E-state index < -0.39 is 23.5 Å². The summed E-state index contributed by atoms with van der Waals surface area (Å²) in [5.74, 6) is -1.43. The first-order valence-corrected chi connectivity index (χ1v) is 10.8. The maximum Gasteiger partial charge on any atom is 0.295 e. The second-order valence-electron chi connectivity index (χ2n) is 7.76. The molecule has 0 spiro atoms. The smallest absolute Gasteiger partial charge is 0.295 e. The molecule has 4 rings (SSSR count). The van der Waals surface area contributed by atoms with Crippen molar-refractivity contribution in [2.45, 2.75) is 19.5 Å². The zero-order chi connectivity index (χ0) is 24.2. The number of aliphatic hydroxyl groups is 1. The van der Waals surface area contributed by atoms with Crippen molar-refractivity contribution in [3.8, 4) is 11.5 Å². The fourth-order valence-electron chi connectivity index (χ4n) is 4.06. The Morgan fingerprint density at radius 2 is 1.71 bits per heavy atom. The first kappa shape index (κ1) is 23.0. The minimum absolute atomic E-state index is 0.0706. The molecule has 1 atom stereocenters. The number of halogens is 1. The van der Waals surface area contributed by atoms with E-state index in [0.717, 1.165) is 5.56 Å². The van der Waals surface area contributed by atoms with Crippen LogP contribution in [0.1, 0.15) is 29.7 Å². The Morgan fingerprint density at radius 3 is 2.35 bits per heavy atom. The molecule has 0 saturated carbocycles. The molecule has 7 heteroatoms. The number of likely N-dealkylation sites (tertiary alicyclic amines) is 1. The van der Waals surface area contributed by atoms with E-state index in [9.17, 15) is 19.1 Å². The lowest BCUT2D eigenvalue weighted by Crippen LogP contribution is -2.29. The largest absolute Gasteiger partial charge is 0.507 e. The van der Waals surface area contributed by atoms with Crippen LogP contribution in [-0.2, 0) is 16.1 Å². The van der Waals surface area contributed by atoms with Gasteiger partial charge in [-0.1, -0.05) is 36.4 Å². The number of rotatable bonds is 7. The number of ether oxygens (including phenoxy) is 2. The van der Waals surface area contributed by atoms with Crippen molar-refractivity contribution in [1.82, 2.24) is 4.90 Å². The highest BCUT2D eigenvalue weighted by Gasteiger charge is 2.46. The minimum atomic E-state index is -0.880. The minimum Gasteiger partial charge on any atom is -0.507 e. The molecule has 0 bridgehead atoms. The zero-order valence-electron chi connectivity index (χ0n) is 18.8. The third-order valence-corrected chi connectivity index (χ3v) is 5.66. The van der Waals surface area contributed by atoms with Gasteiger partial charge in [-0.2, -0.15) is 0 Å². The Kier molecular flexibility index (Phi) is 6.63. The topological polar surface area (TPSA) is 76.1 Å². The van der Waals surface area contributed by atoms with Gasteiger partial charge < -0.3 is 19.5 Å². The van der Waals surface area contributed by atoms with Gasteiger partial charge in [-0.3, -0.25) is 9.59 Å². The molecule has 0 aromatic heterocycles. The van der Waals surface area contributed by atoms with E-state index in [-0.39, 0.29) is 23.4 Å². The van der Waals surface area contributed by atoms with Crippen molar-refractivity contribution in [1.29, 1.82) is 0 Å². The molecule has 3 aromatic carbocycles. The van der Waals surface area contributed by atoms with Gasteiger partial charge in [0.05, 0.1) is 25.3 Å². The summed E-state index contributed by atoms with van der Waals surface area (Å²) >= 11 is 0. The van der Waals surface area contributed by atoms with E-state index in [1.54, 1.807) is 18.2 Å². The van der Waals surface area contributed by atoms with E-state index in [0.29, 0.717) is 23.7 Å². The summed E-state index contributed by atoms with van der Waals surface area (Å²) in [5, 5.41) is 11.1. The average molecular weight is 461 g/mol. The second-order valence-corrected chi connectivity index (χ2v) is 7.76. The fraction of sp³-hybridized carbons (Fsp3) is 0.185. The van der Waals surface area contributed by atoms with Crippen molar-refractivity contribution in [3.05, 3.63) is 101 Å². The molecule has 1 heterocycles. The van der Waals surface area contributed by atoms with Crippen molar-refractivity contribution in [3.63, 3.8) is 0 Å². The third kappa shape index (κ3) is 4.37. The SMILES string of the molecule is CCOc1ccc(C2C(=C(O)c3ccc(F)cc3)C(=O)C(=O)N2Cc2ccccc2)cc1OC. The summed E-state index contributed by atoms with van der Waals surface area (Å²) in [6, 6.07) is 18.6. The maximum atomic E-state index is 13.4. The molecule has 34 heavy (non-hydrogen) atoms. The van der Waals surface area contributed by atoms with Crippen LogP contribution in [0.25, 0.3) is 5.76 Å². The highest BCUT2D eigenvalue weighted by molar-refractivity contribution is 6.46. The van der Waals surface area contributed by atoms with Crippen molar-refractivity contribution in [2.75, 3.05) is 13.7 Å². The highest BCUT2D eigenvalue weighted by Crippen LogP contribution is 2.42. The molecular weight excluding hydrogens is 437 g/mol. The van der Waals surface area contributed by atoms with Gasteiger partial charge in [0, 0.05) is 12.1 Å². The van der Waals surface area contributed by atoms with Crippen LogP contribution >= 0.6 is 0 Å². The quantitative estimate of drug-likeness (QED) is 0.309. The van der Waals surface area contributed by atoms with Crippen LogP contribution in [-0.4, -0.2) is 35.4 Å². The summed E-state index contributed by atoms with van der Waals surface area (Å²) in [7, 11) is 1.50. The van der Waals surface area contributed by atoms with Crippen molar-refractivity contribution >= 4 is 17.4 Å². The summed E-state index contributed by atoms with van der Waals surface area (Å²) in [4.78, 5) is 27.7. The van der Waals surface area contributed by atoms with Gasteiger partial charge >= 0.3 is 0 Å². The average Bonchev–Trinajstić information content (AvgIpc) is 3.10. The molecule has 0 radical (unpaired) electrons. The molecule has 1 fully saturated rings. The maximum absolute atomic E-state index is 13.4. The molecule has 1 aliphatic heterocycles. The molecule has 6 nitrogen and oxygen atoms in total. The van der Waals surface area contributed by atoms with E-state index in [2.05, 4.69) is 0 Å². The number of nitrogens with zero attached hydrogens (tertiary/aromatic N) is 1. The summed E-state index contributed by atoms with van der Waals surface area (Å²) in [6.07, 6.45) is 0. The third-order valence-electron chi connectivity index (χ3n) is 5.66. The first-order valence-electron chi connectivity index (χ1n) is 10.8. The summed E-state index contributed by atoms with van der Waals surface area (Å²) in [6.45, 7) is 2.45. The second kappa shape index (κ2) is 9.79. The highest BCUT2D eigenvalue weighted by atomic mass is 19.1. The van der Waals surface area contributed by atoms with Gasteiger partial charge in [0.25, 0.3) is 11.7 Å². The normalized spacial score (nSPS) is 17.1. The van der Waals surface area contributed by atoms with E-state index >= 15 is 0 Å². The summed E-state index contributed by atoms with van der Waals surface area (Å²) < 4.78 is 24.5. The fourth-order valence-corrected chi connectivity index (χ4v) is 4.06. The molecule has 1 aliphatic rings. The number of carbonyl (C=O) groups is 2.